The lowest BCUT2D eigenvalue weighted by Crippen LogP contribution is -2.46. The number of hydrogen-bond donors (Lipinski definition) is 1. The smallest absolute Gasteiger partial charge is 0.0243 e. The Bertz CT molecular complexity index is 180. The van der Waals surface area contributed by atoms with E-state index in [4.69, 9.17) is 0 Å². The third-order valence-corrected chi connectivity index (χ3v) is 4.26. The molecule has 0 aliphatic heterocycles. The Labute approximate surface area is 108 Å². The van der Waals surface area contributed by atoms with Crippen molar-refractivity contribution in [2.75, 3.05) is 21.1 Å². The van der Waals surface area contributed by atoms with Crippen LogP contribution in [0, 0.1) is 0 Å². The quantitative estimate of drug-likeness (QED) is 0.795. The van der Waals surface area contributed by atoms with Gasteiger partial charge in [-0.25, -0.2) is 0 Å². The minimum Gasteiger partial charge on any atom is -0.315 e. The molecule has 0 saturated heterocycles. The van der Waals surface area contributed by atoms with Crippen LogP contribution in [0.25, 0.3) is 0 Å². The highest BCUT2D eigenvalue weighted by Gasteiger charge is 2.21. The first-order valence-electron chi connectivity index (χ1n) is 7.59. The Morgan fingerprint density at radius 3 is 1.71 bits per heavy atom. The van der Waals surface area contributed by atoms with Crippen molar-refractivity contribution < 1.29 is 0 Å². The van der Waals surface area contributed by atoms with E-state index in [1.54, 1.807) is 0 Å². The summed E-state index contributed by atoms with van der Waals surface area (Å²) in [5.41, 5.74) is 0. The third kappa shape index (κ3) is 5.87. The van der Waals surface area contributed by atoms with Crippen molar-refractivity contribution in [3.63, 3.8) is 0 Å². The van der Waals surface area contributed by atoms with Crippen LogP contribution in [0.3, 0.4) is 0 Å². The average molecular weight is 240 g/mol. The van der Waals surface area contributed by atoms with Gasteiger partial charge in [0.1, 0.15) is 0 Å². The molecule has 17 heavy (non-hydrogen) atoms. The zero-order valence-corrected chi connectivity index (χ0v) is 12.2. The second-order valence-corrected chi connectivity index (χ2v) is 5.83. The van der Waals surface area contributed by atoms with Crippen LogP contribution in [0.1, 0.15) is 64.2 Å². The molecule has 1 aliphatic carbocycles. The highest BCUT2D eigenvalue weighted by Crippen LogP contribution is 2.19. The van der Waals surface area contributed by atoms with Crippen LogP contribution >= 0.6 is 0 Å². The number of hydrogen-bond acceptors (Lipinski definition) is 2. The molecule has 2 unspecified atom stereocenters. The van der Waals surface area contributed by atoms with Gasteiger partial charge < -0.3 is 10.2 Å². The summed E-state index contributed by atoms with van der Waals surface area (Å²) in [6, 6.07) is 1.41. The first-order valence-corrected chi connectivity index (χ1v) is 7.59. The summed E-state index contributed by atoms with van der Waals surface area (Å²) in [5.74, 6) is 0. The molecule has 1 saturated carbocycles. The molecule has 2 atom stereocenters. The molecule has 0 aromatic carbocycles. The van der Waals surface area contributed by atoms with Crippen LogP contribution in [0.4, 0.5) is 0 Å². The van der Waals surface area contributed by atoms with Crippen LogP contribution < -0.4 is 5.32 Å². The lowest BCUT2D eigenvalue weighted by molar-refractivity contribution is 0.205. The van der Waals surface area contributed by atoms with Gasteiger partial charge in [0.05, 0.1) is 0 Å². The molecular formula is C15H32N2. The van der Waals surface area contributed by atoms with Crippen molar-refractivity contribution in [1.29, 1.82) is 0 Å². The Morgan fingerprint density at radius 2 is 1.24 bits per heavy atom. The molecule has 2 nitrogen and oxygen atoms in total. The predicted molar refractivity (Wildman–Crippen MR) is 76.5 cm³/mol. The fraction of sp³-hybridized carbons (Fsp3) is 1.00. The summed E-state index contributed by atoms with van der Waals surface area (Å²) in [4.78, 5) is 2.42. The first-order chi connectivity index (χ1) is 8.25. The molecule has 102 valence electrons. The monoisotopic (exact) mass is 240 g/mol. The second kappa shape index (κ2) is 8.93. The maximum Gasteiger partial charge on any atom is 0.0243 e. The summed E-state index contributed by atoms with van der Waals surface area (Å²) < 4.78 is 0. The van der Waals surface area contributed by atoms with E-state index in [1.165, 1.54) is 64.2 Å². The Kier molecular flexibility index (Phi) is 7.87. The second-order valence-electron chi connectivity index (χ2n) is 5.83. The van der Waals surface area contributed by atoms with Gasteiger partial charge >= 0.3 is 0 Å². The van der Waals surface area contributed by atoms with Gasteiger partial charge in [0.2, 0.25) is 0 Å². The van der Waals surface area contributed by atoms with E-state index in [0.717, 1.165) is 6.04 Å². The number of nitrogens with one attached hydrogen (secondary N) is 1. The van der Waals surface area contributed by atoms with Gasteiger partial charge in [-0.2, -0.15) is 0 Å². The highest BCUT2D eigenvalue weighted by atomic mass is 15.1. The number of nitrogens with zero attached hydrogens (tertiary/aromatic N) is 1. The normalized spacial score (nSPS) is 29.6. The minimum absolute atomic E-state index is 0.685. The Balaban J connectivity index is 2.48. The van der Waals surface area contributed by atoms with Crippen molar-refractivity contribution in [2.24, 2.45) is 0 Å². The van der Waals surface area contributed by atoms with E-state index in [2.05, 4.69) is 31.4 Å². The minimum atomic E-state index is 0.685. The van der Waals surface area contributed by atoms with E-state index in [-0.39, 0.29) is 0 Å². The summed E-state index contributed by atoms with van der Waals surface area (Å²) in [6.07, 6.45) is 14.2. The van der Waals surface area contributed by atoms with Crippen LogP contribution in [-0.2, 0) is 0 Å². The van der Waals surface area contributed by atoms with Crippen molar-refractivity contribution in [3.05, 3.63) is 0 Å². The zero-order valence-electron chi connectivity index (χ0n) is 12.2. The molecule has 1 fully saturated rings. The van der Waals surface area contributed by atoms with Crippen molar-refractivity contribution >= 4 is 0 Å². The molecule has 0 bridgehead atoms. The van der Waals surface area contributed by atoms with E-state index in [0.29, 0.717) is 6.04 Å². The van der Waals surface area contributed by atoms with Gasteiger partial charge in [-0.05, 0) is 34.0 Å². The molecule has 1 rings (SSSR count). The summed E-state index contributed by atoms with van der Waals surface area (Å²) >= 11 is 0. The van der Waals surface area contributed by atoms with Crippen molar-refractivity contribution in [3.8, 4) is 0 Å². The SMILES string of the molecule is CNC1CCCCCCCCCCC1N(C)C. The Morgan fingerprint density at radius 1 is 0.765 bits per heavy atom. The number of likely N-dealkylation sites (N-methyl/N-ethyl adjacent to an activating group) is 2. The molecule has 2 heteroatoms. The van der Waals surface area contributed by atoms with Gasteiger partial charge in [-0.15, -0.1) is 0 Å². The lowest BCUT2D eigenvalue weighted by atomic mass is 9.93. The maximum absolute atomic E-state index is 3.55. The van der Waals surface area contributed by atoms with Gasteiger partial charge in [0.15, 0.2) is 0 Å². The molecule has 1 aliphatic rings. The highest BCUT2D eigenvalue weighted by molar-refractivity contribution is 4.81. The van der Waals surface area contributed by atoms with Gasteiger partial charge in [-0.3, -0.25) is 0 Å². The van der Waals surface area contributed by atoms with E-state index in [9.17, 15) is 0 Å². The fourth-order valence-corrected chi connectivity index (χ4v) is 3.13. The van der Waals surface area contributed by atoms with Gasteiger partial charge in [-0.1, -0.05) is 51.4 Å². The summed E-state index contributed by atoms with van der Waals surface area (Å²) in [6.45, 7) is 0. The van der Waals surface area contributed by atoms with Crippen molar-refractivity contribution in [1.82, 2.24) is 10.2 Å². The molecule has 0 radical (unpaired) electrons. The summed E-state index contributed by atoms with van der Waals surface area (Å²) in [7, 11) is 6.61. The molecule has 1 N–H and O–H groups in total. The van der Waals surface area contributed by atoms with E-state index < -0.39 is 0 Å². The molecule has 0 aromatic heterocycles. The molecule has 0 spiro atoms. The van der Waals surface area contributed by atoms with Crippen LogP contribution in [0.15, 0.2) is 0 Å². The zero-order chi connectivity index (χ0) is 12.5. The van der Waals surface area contributed by atoms with E-state index in [1.807, 2.05) is 0 Å². The molecular weight excluding hydrogens is 208 g/mol. The predicted octanol–water partition coefficient (Wildman–Crippen LogP) is 3.42. The molecule has 0 aromatic rings. The molecule has 0 amide bonds. The fourth-order valence-electron chi connectivity index (χ4n) is 3.13. The van der Waals surface area contributed by atoms with Crippen LogP contribution in [0.2, 0.25) is 0 Å². The summed E-state index contributed by atoms with van der Waals surface area (Å²) in [5, 5.41) is 3.55. The van der Waals surface area contributed by atoms with E-state index >= 15 is 0 Å². The standard InChI is InChI=1S/C15H32N2/c1-16-14-12-10-8-6-4-5-7-9-11-13-15(14)17(2)3/h14-16H,4-13H2,1-3H3. The van der Waals surface area contributed by atoms with Gasteiger partial charge in [0.25, 0.3) is 0 Å². The van der Waals surface area contributed by atoms with Crippen LogP contribution in [-0.4, -0.2) is 38.1 Å². The van der Waals surface area contributed by atoms with Crippen LogP contribution in [0.5, 0.6) is 0 Å². The largest absolute Gasteiger partial charge is 0.315 e. The lowest BCUT2D eigenvalue weighted by Gasteiger charge is -2.33. The van der Waals surface area contributed by atoms with Gasteiger partial charge in [0, 0.05) is 12.1 Å². The average Bonchev–Trinajstić information content (AvgIpc) is 2.29. The van der Waals surface area contributed by atoms with Crippen molar-refractivity contribution in [2.45, 2.75) is 76.3 Å². The maximum atomic E-state index is 3.55. The first kappa shape index (κ1) is 15.0. The third-order valence-electron chi connectivity index (χ3n) is 4.26. The number of rotatable bonds is 2. The Hall–Kier alpha value is -0.0800. The topological polar surface area (TPSA) is 15.3 Å². The molecule has 0 heterocycles.